The van der Waals surface area contributed by atoms with Crippen molar-refractivity contribution < 1.29 is 4.74 Å². The zero-order chi connectivity index (χ0) is 16.1. The van der Waals surface area contributed by atoms with Crippen molar-refractivity contribution in [3.8, 4) is 0 Å². The molecule has 2 heteroatoms. The molecular formula is C21H31NO. The Morgan fingerprint density at radius 3 is 2.57 bits per heavy atom. The van der Waals surface area contributed by atoms with E-state index >= 15 is 0 Å². The Morgan fingerprint density at radius 1 is 1.04 bits per heavy atom. The van der Waals surface area contributed by atoms with Crippen molar-refractivity contribution in [2.45, 2.75) is 64.5 Å². The monoisotopic (exact) mass is 313 g/mol. The SMILES string of the molecule is CC(C)N1CCCC(=Cc2ccc(C3CCCCO3)cc2)CC1. The molecule has 0 aromatic heterocycles. The minimum absolute atomic E-state index is 0.322. The molecule has 23 heavy (non-hydrogen) atoms. The number of hydrogen-bond donors (Lipinski definition) is 0. The Kier molecular flexibility index (Phi) is 5.91. The van der Waals surface area contributed by atoms with Crippen LogP contribution in [0.5, 0.6) is 0 Å². The van der Waals surface area contributed by atoms with Crippen LogP contribution in [-0.2, 0) is 4.74 Å². The second kappa shape index (κ2) is 8.12. The van der Waals surface area contributed by atoms with Gasteiger partial charge in [-0.1, -0.05) is 35.9 Å². The molecule has 1 aromatic rings. The molecule has 2 saturated heterocycles. The zero-order valence-corrected chi connectivity index (χ0v) is 14.8. The lowest BCUT2D eigenvalue weighted by atomic mass is 9.99. The van der Waals surface area contributed by atoms with Crippen LogP contribution in [0.2, 0.25) is 0 Å². The van der Waals surface area contributed by atoms with Gasteiger partial charge in [-0.25, -0.2) is 0 Å². The lowest BCUT2D eigenvalue weighted by Gasteiger charge is -2.23. The van der Waals surface area contributed by atoms with E-state index in [1.54, 1.807) is 5.57 Å². The first-order valence-corrected chi connectivity index (χ1v) is 9.37. The minimum Gasteiger partial charge on any atom is -0.374 e. The van der Waals surface area contributed by atoms with Crippen LogP contribution >= 0.6 is 0 Å². The molecule has 0 amide bonds. The number of likely N-dealkylation sites (tertiary alicyclic amines) is 1. The first-order valence-electron chi connectivity index (χ1n) is 9.37. The van der Waals surface area contributed by atoms with Gasteiger partial charge in [0.25, 0.3) is 0 Å². The fourth-order valence-electron chi connectivity index (χ4n) is 3.74. The number of hydrogen-bond acceptors (Lipinski definition) is 2. The predicted octanol–water partition coefficient (Wildman–Crippen LogP) is 5.21. The van der Waals surface area contributed by atoms with Gasteiger partial charge < -0.3 is 9.64 Å². The number of rotatable bonds is 3. The van der Waals surface area contributed by atoms with Crippen molar-refractivity contribution in [2.75, 3.05) is 19.7 Å². The van der Waals surface area contributed by atoms with E-state index in [-0.39, 0.29) is 0 Å². The summed E-state index contributed by atoms with van der Waals surface area (Å²) in [7, 11) is 0. The zero-order valence-electron chi connectivity index (χ0n) is 14.8. The third-order valence-corrected chi connectivity index (χ3v) is 5.25. The molecule has 1 unspecified atom stereocenters. The fourth-order valence-corrected chi connectivity index (χ4v) is 3.74. The highest BCUT2D eigenvalue weighted by Crippen LogP contribution is 2.28. The second-order valence-electron chi connectivity index (χ2n) is 7.31. The summed E-state index contributed by atoms with van der Waals surface area (Å²) in [4.78, 5) is 2.60. The van der Waals surface area contributed by atoms with Crippen molar-refractivity contribution in [3.05, 3.63) is 41.0 Å². The minimum atomic E-state index is 0.322. The predicted molar refractivity (Wildman–Crippen MR) is 97.5 cm³/mol. The molecule has 126 valence electrons. The average Bonchev–Trinajstić information content (AvgIpc) is 2.82. The number of benzene rings is 1. The van der Waals surface area contributed by atoms with Gasteiger partial charge in [0.15, 0.2) is 0 Å². The van der Waals surface area contributed by atoms with Gasteiger partial charge in [0.1, 0.15) is 0 Å². The third kappa shape index (κ3) is 4.68. The summed E-state index contributed by atoms with van der Waals surface area (Å²) in [6.45, 7) is 7.98. The Morgan fingerprint density at radius 2 is 1.87 bits per heavy atom. The summed E-state index contributed by atoms with van der Waals surface area (Å²) in [5.74, 6) is 0. The van der Waals surface area contributed by atoms with Crippen LogP contribution < -0.4 is 0 Å². The molecule has 0 bridgehead atoms. The molecule has 2 aliphatic heterocycles. The van der Waals surface area contributed by atoms with E-state index in [1.807, 2.05) is 0 Å². The van der Waals surface area contributed by atoms with Crippen molar-refractivity contribution in [2.24, 2.45) is 0 Å². The van der Waals surface area contributed by atoms with Gasteiger partial charge in [-0.3, -0.25) is 0 Å². The van der Waals surface area contributed by atoms with Crippen molar-refractivity contribution >= 4 is 6.08 Å². The van der Waals surface area contributed by atoms with Crippen LogP contribution in [0.1, 0.15) is 69.6 Å². The first kappa shape index (κ1) is 16.7. The average molecular weight is 313 g/mol. The van der Waals surface area contributed by atoms with Crippen molar-refractivity contribution in [3.63, 3.8) is 0 Å². The molecule has 0 radical (unpaired) electrons. The summed E-state index contributed by atoms with van der Waals surface area (Å²) < 4.78 is 5.88. The van der Waals surface area contributed by atoms with E-state index in [2.05, 4.69) is 49.1 Å². The van der Waals surface area contributed by atoms with Crippen molar-refractivity contribution in [1.82, 2.24) is 4.90 Å². The van der Waals surface area contributed by atoms with Crippen LogP contribution in [0.25, 0.3) is 6.08 Å². The molecule has 0 aliphatic carbocycles. The molecule has 3 rings (SSSR count). The number of nitrogens with zero attached hydrogens (tertiary/aromatic N) is 1. The molecular weight excluding hydrogens is 282 g/mol. The van der Waals surface area contributed by atoms with Crippen LogP contribution in [0.4, 0.5) is 0 Å². The maximum Gasteiger partial charge on any atom is 0.0824 e. The quantitative estimate of drug-likeness (QED) is 0.760. The number of ether oxygens (including phenoxy) is 1. The lowest BCUT2D eigenvalue weighted by Crippen LogP contribution is -2.31. The van der Waals surface area contributed by atoms with Gasteiger partial charge in [0.2, 0.25) is 0 Å². The Labute approximate surface area is 141 Å². The highest BCUT2D eigenvalue weighted by molar-refractivity contribution is 5.53. The van der Waals surface area contributed by atoms with Crippen LogP contribution in [-0.4, -0.2) is 30.6 Å². The Bertz CT molecular complexity index is 511. The fraction of sp³-hybridized carbons (Fsp3) is 0.619. The van der Waals surface area contributed by atoms with Gasteiger partial charge >= 0.3 is 0 Å². The van der Waals surface area contributed by atoms with E-state index < -0.39 is 0 Å². The molecule has 1 atom stereocenters. The molecule has 0 saturated carbocycles. The van der Waals surface area contributed by atoms with Crippen LogP contribution in [0, 0.1) is 0 Å². The standard InChI is InChI=1S/C21H31NO/c1-17(2)22-13-5-6-18(12-14-22)16-19-8-10-20(11-9-19)21-7-3-4-15-23-21/h8-11,16-17,21H,3-7,12-15H2,1-2H3. The molecule has 0 N–H and O–H groups in total. The van der Waals surface area contributed by atoms with Crippen LogP contribution in [0.3, 0.4) is 0 Å². The molecule has 1 aromatic carbocycles. The van der Waals surface area contributed by atoms with Gasteiger partial charge in [-0.15, -0.1) is 0 Å². The van der Waals surface area contributed by atoms with Gasteiger partial charge in [0.05, 0.1) is 6.10 Å². The Balaban J connectivity index is 1.62. The van der Waals surface area contributed by atoms with E-state index in [0.29, 0.717) is 12.1 Å². The van der Waals surface area contributed by atoms with Gasteiger partial charge in [0, 0.05) is 19.2 Å². The highest BCUT2D eigenvalue weighted by atomic mass is 16.5. The summed E-state index contributed by atoms with van der Waals surface area (Å²) in [5.41, 5.74) is 4.30. The summed E-state index contributed by atoms with van der Waals surface area (Å²) >= 11 is 0. The lowest BCUT2D eigenvalue weighted by molar-refractivity contribution is 0.0149. The maximum absolute atomic E-state index is 5.88. The van der Waals surface area contributed by atoms with Crippen molar-refractivity contribution in [1.29, 1.82) is 0 Å². The maximum atomic E-state index is 5.88. The molecule has 0 spiro atoms. The van der Waals surface area contributed by atoms with E-state index in [9.17, 15) is 0 Å². The summed E-state index contributed by atoms with van der Waals surface area (Å²) in [5, 5.41) is 0. The normalized spacial score (nSPS) is 25.7. The highest BCUT2D eigenvalue weighted by Gasteiger charge is 2.16. The smallest absolute Gasteiger partial charge is 0.0824 e. The second-order valence-corrected chi connectivity index (χ2v) is 7.31. The molecule has 2 fully saturated rings. The van der Waals surface area contributed by atoms with Gasteiger partial charge in [-0.05, 0) is 70.0 Å². The van der Waals surface area contributed by atoms with E-state index in [0.717, 1.165) is 6.61 Å². The first-order chi connectivity index (χ1) is 11.2. The third-order valence-electron chi connectivity index (χ3n) is 5.25. The molecule has 2 aliphatic rings. The molecule has 2 nitrogen and oxygen atoms in total. The molecule has 2 heterocycles. The Hall–Kier alpha value is -1.12. The topological polar surface area (TPSA) is 12.5 Å². The summed E-state index contributed by atoms with van der Waals surface area (Å²) in [6.07, 6.45) is 10.2. The van der Waals surface area contributed by atoms with E-state index in [4.69, 9.17) is 4.74 Å². The van der Waals surface area contributed by atoms with Gasteiger partial charge in [-0.2, -0.15) is 0 Å². The summed E-state index contributed by atoms with van der Waals surface area (Å²) in [6, 6.07) is 9.74. The van der Waals surface area contributed by atoms with Crippen LogP contribution in [0.15, 0.2) is 29.8 Å². The largest absolute Gasteiger partial charge is 0.374 e. The van der Waals surface area contributed by atoms with E-state index in [1.165, 1.54) is 62.7 Å².